The lowest BCUT2D eigenvalue weighted by molar-refractivity contribution is 0.679. The Hall–Kier alpha value is -1.17. The normalized spacial score (nSPS) is 11.5. The number of aryl methyl sites for hydroxylation is 1. The van der Waals surface area contributed by atoms with Gasteiger partial charge in [0, 0.05) is 15.8 Å². The number of hydrogen-bond acceptors (Lipinski definition) is 5. The van der Waals surface area contributed by atoms with E-state index in [0.717, 1.165) is 22.6 Å². The largest absolute Gasteiger partial charge is 0.348 e. The van der Waals surface area contributed by atoms with E-state index < -0.39 is 0 Å². The first-order chi connectivity index (χ1) is 10.0. The molecule has 110 valence electrons. The smallest absolute Gasteiger partial charge is 0.225 e. The number of thiophene rings is 2. The lowest BCUT2D eigenvalue weighted by Gasteiger charge is -2.28. The van der Waals surface area contributed by atoms with Crippen LogP contribution in [0, 0.1) is 6.92 Å². The molecule has 6 heteroatoms. The molecule has 0 saturated carbocycles. The molecule has 0 unspecified atom stereocenters. The lowest BCUT2D eigenvalue weighted by Crippen LogP contribution is -2.30. The minimum atomic E-state index is 0.316. The van der Waals surface area contributed by atoms with Gasteiger partial charge in [0.25, 0.3) is 0 Å². The molecule has 0 aromatic carbocycles. The summed E-state index contributed by atoms with van der Waals surface area (Å²) in [5.41, 5.74) is 0. The Morgan fingerprint density at radius 3 is 2.81 bits per heavy atom. The second kappa shape index (κ2) is 5.91. The minimum absolute atomic E-state index is 0.316. The van der Waals surface area contributed by atoms with Gasteiger partial charge < -0.3 is 4.90 Å². The van der Waals surface area contributed by atoms with Crippen LogP contribution < -0.4 is 4.90 Å². The monoisotopic (exact) mass is 337 g/mol. The zero-order valence-corrected chi connectivity index (χ0v) is 14.5. The first kappa shape index (κ1) is 14.8. The first-order valence-electron chi connectivity index (χ1n) is 6.77. The second-order valence-electron chi connectivity index (χ2n) is 5.19. The lowest BCUT2D eigenvalue weighted by atomic mass is 10.2. The molecule has 0 amide bonds. The van der Waals surface area contributed by atoms with Gasteiger partial charge >= 0.3 is 0 Å². The summed E-state index contributed by atoms with van der Waals surface area (Å²) in [5, 5.41) is 3.51. The summed E-state index contributed by atoms with van der Waals surface area (Å²) in [6.45, 7) is 7.28. The summed E-state index contributed by atoms with van der Waals surface area (Å²) in [7, 11) is 0. The molecule has 0 bridgehead atoms. The van der Waals surface area contributed by atoms with Crippen molar-refractivity contribution in [3.8, 4) is 0 Å². The Bertz CT molecular complexity index is 750. The van der Waals surface area contributed by atoms with Crippen molar-refractivity contribution in [1.82, 2.24) is 9.97 Å². The minimum Gasteiger partial charge on any atom is -0.348 e. The highest BCUT2D eigenvalue weighted by molar-refractivity contribution is 7.18. The molecule has 3 heterocycles. The predicted octanol–water partition coefficient (Wildman–Crippen LogP) is 5.13. The Morgan fingerprint density at radius 2 is 2.14 bits per heavy atom. The number of fused-ring (bicyclic) bond motifs is 1. The topological polar surface area (TPSA) is 29.0 Å². The van der Waals surface area contributed by atoms with Gasteiger partial charge in [0.05, 0.1) is 11.9 Å². The Balaban J connectivity index is 2.10. The molecule has 0 N–H and O–H groups in total. The van der Waals surface area contributed by atoms with Gasteiger partial charge in [-0.15, -0.1) is 22.7 Å². The van der Waals surface area contributed by atoms with Crippen LogP contribution in [-0.2, 0) is 6.54 Å². The van der Waals surface area contributed by atoms with Crippen molar-refractivity contribution in [2.75, 3.05) is 4.90 Å². The van der Waals surface area contributed by atoms with E-state index in [2.05, 4.69) is 59.2 Å². The molecule has 0 aliphatic carbocycles. The van der Waals surface area contributed by atoms with Crippen LogP contribution in [-0.4, -0.2) is 16.0 Å². The van der Waals surface area contributed by atoms with E-state index in [4.69, 9.17) is 11.6 Å². The van der Waals surface area contributed by atoms with Gasteiger partial charge in [0.15, 0.2) is 0 Å². The van der Waals surface area contributed by atoms with Crippen LogP contribution in [0.4, 0.5) is 5.82 Å². The van der Waals surface area contributed by atoms with Gasteiger partial charge in [0.1, 0.15) is 10.6 Å². The molecule has 21 heavy (non-hydrogen) atoms. The number of rotatable bonds is 4. The van der Waals surface area contributed by atoms with E-state index in [-0.39, 0.29) is 0 Å². The number of halogens is 1. The van der Waals surface area contributed by atoms with Crippen LogP contribution in [0.25, 0.3) is 10.2 Å². The van der Waals surface area contributed by atoms with E-state index in [1.165, 1.54) is 9.75 Å². The van der Waals surface area contributed by atoms with E-state index >= 15 is 0 Å². The van der Waals surface area contributed by atoms with Gasteiger partial charge in [-0.3, -0.25) is 0 Å². The summed E-state index contributed by atoms with van der Waals surface area (Å²) in [6.07, 6.45) is 0. The summed E-state index contributed by atoms with van der Waals surface area (Å²) in [6, 6.07) is 6.71. The second-order valence-corrected chi connectivity index (χ2v) is 7.80. The van der Waals surface area contributed by atoms with E-state index in [0.29, 0.717) is 11.3 Å². The molecule has 0 spiro atoms. The molecule has 3 rings (SSSR count). The summed E-state index contributed by atoms with van der Waals surface area (Å²) < 4.78 is 0. The average Bonchev–Trinajstić information content (AvgIpc) is 3.03. The molecule has 0 saturated heterocycles. The van der Waals surface area contributed by atoms with Crippen LogP contribution in [0.15, 0.2) is 23.6 Å². The highest BCUT2D eigenvalue weighted by atomic mass is 35.5. The molecule has 0 fully saturated rings. The maximum atomic E-state index is 6.12. The van der Waals surface area contributed by atoms with Crippen molar-refractivity contribution in [2.24, 2.45) is 0 Å². The molecule has 0 aliphatic rings. The molecule has 3 aromatic rings. The van der Waals surface area contributed by atoms with Crippen molar-refractivity contribution in [3.05, 3.63) is 38.6 Å². The zero-order chi connectivity index (χ0) is 15.0. The van der Waals surface area contributed by atoms with Crippen LogP contribution in [0.1, 0.15) is 23.6 Å². The van der Waals surface area contributed by atoms with Crippen molar-refractivity contribution in [2.45, 2.75) is 33.4 Å². The number of hydrogen-bond donors (Lipinski definition) is 0. The van der Waals surface area contributed by atoms with Crippen LogP contribution >= 0.6 is 34.3 Å². The number of nitrogens with zero attached hydrogens (tertiary/aromatic N) is 3. The van der Waals surface area contributed by atoms with Crippen LogP contribution in [0.2, 0.25) is 5.28 Å². The third kappa shape index (κ3) is 3.05. The standard InChI is InChI=1S/C15H16ClN3S2/c1-9(2)19(8-11-5-4-6-20-11)13-12-7-10(3)21-14(12)18-15(16)17-13/h4-7,9H,8H2,1-3H3. The van der Waals surface area contributed by atoms with Gasteiger partial charge in [-0.25, -0.2) is 4.98 Å². The molecule has 0 aliphatic heterocycles. The highest BCUT2D eigenvalue weighted by Crippen LogP contribution is 2.33. The molecular formula is C15H16ClN3S2. The molecular weight excluding hydrogens is 322 g/mol. The van der Waals surface area contributed by atoms with Crippen molar-refractivity contribution in [3.63, 3.8) is 0 Å². The molecule has 0 atom stereocenters. The van der Waals surface area contributed by atoms with Crippen molar-refractivity contribution >= 4 is 50.3 Å². The van der Waals surface area contributed by atoms with Crippen molar-refractivity contribution < 1.29 is 0 Å². The third-order valence-corrected chi connectivity index (χ3v) is 5.24. The molecule has 3 aromatic heterocycles. The maximum Gasteiger partial charge on any atom is 0.225 e. The van der Waals surface area contributed by atoms with Crippen LogP contribution in [0.3, 0.4) is 0 Å². The Labute approximate surface area is 137 Å². The van der Waals surface area contributed by atoms with E-state index in [1.807, 2.05) is 0 Å². The SMILES string of the molecule is Cc1cc2c(N(Cc3cccs3)C(C)C)nc(Cl)nc2s1. The fourth-order valence-corrected chi connectivity index (χ4v) is 4.08. The fourth-order valence-electron chi connectivity index (χ4n) is 2.29. The third-order valence-electron chi connectivity index (χ3n) is 3.27. The van der Waals surface area contributed by atoms with Crippen molar-refractivity contribution in [1.29, 1.82) is 0 Å². The van der Waals surface area contributed by atoms with Gasteiger partial charge in [0.2, 0.25) is 5.28 Å². The molecule has 3 nitrogen and oxygen atoms in total. The maximum absolute atomic E-state index is 6.12. The van der Waals surface area contributed by atoms with Crippen LogP contribution in [0.5, 0.6) is 0 Å². The quantitative estimate of drug-likeness (QED) is 0.618. The summed E-state index contributed by atoms with van der Waals surface area (Å²) in [5.74, 6) is 0.928. The predicted molar refractivity (Wildman–Crippen MR) is 92.8 cm³/mol. The van der Waals surface area contributed by atoms with Gasteiger partial charge in [-0.1, -0.05) is 6.07 Å². The number of anilines is 1. The average molecular weight is 338 g/mol. The van der Waals surface area contributed by atoms with E-state index in [9.17, 15) is 0 Å². The first-order valence-corrected chi connectivity index (χ1v) is 8.84. The number of aromatic nitrogens is 2. The Kier molecular flexibility index (Phi) is 4.15. The zero-order valence-electron chi connectivity index (χ0n) is 12.1. The van der Waals surface area contributed by atoms with Gasteiger partial charge in [-0.05, 0) is 49.9 Å². The van der Waals surface area contributed by atoms with E-state index in [1.54, 1.807) is 22.7 Å². The fraction of sp³-hybridized carbons (Fsp3) is 0.333. The van der Waals surface area contributed by atoms with Gasteiger partial charge in [-0.2, -0.15) is 4.98 Å². The summed E-state index contributed by atoms with van der Waals surface area (Å²) >= 11 is 9.54. The highest BCUT2D eigenvalue weighted by Gasteiger charge is 2.19. The Morgan fingerprint density at radius 1 is 1.33 bits per heavy atom. The summed E-state index contributed by atoms with van der Waals surface area (Å²) in [4.78, 5) is 14.6. The molecule has 0 radical (unpaired) electrons.